The second-order valence-electron chi connectivity index (χ2n) is 5.15. The van der Waals surface area contributed by atoms with Crippen LogP contribution in [0, 0.1) is 13.8 Å². The second kappa shape index (κ2) is 4.12. The van der Waals surface area contributed by atoms with Gasteiger partial charge in [0.25, 0.3) is 5.91 Å². The average molecular weight is 243 g/mol. The summed E-state index contributed by atoms with van der Waals surface area (Å²) in [4.78, 5) is 16.4. The van der Waals surface area contributed by atoms with Crippen molar-refractivity contribution in [2.75, 3.05) is 0 Å². The minimum Gasteiger partial charge on any atom is -0.353 e. The third-order valence-corrected chi connectivity index (χ3v) is 3.39. The number of guanidine groups is 1. The lowest BCUT2D eigenvalue weighted by Gasteiger charge is -2.09. The van der Waals surface area contributed by atoms with Gasteiger partial charge < -0.3 is 5.32 Å². The largest absolute Gasteiger partial charge is 0.353 e. The van der Waals surface area contributed by atoms with E-state index in [-0.39, 0.29) is 5.91 Å². The molecule has 1 heterocycles. The molecule has 2 N–H and O–H groups in total. The number of aryl methyl sites for hydroxylation is 2. The summed E-state index contributed by atoms with van der Waals surface area (Å²) in [6.45, 7) is 4.08. The van der Waals surface area contributed by atoms with E-state index < -0.39 is 6.04 Å². The fourth-order valence-corrected chi connectivity index (χ4v) is 2.24. The van der Waals surface area contributed by atoms with Gasteiger partial charge in [0.2, 0.25) is 0 Å². The van der Waals surface area contributed by atoms with Crippen molar-refractivity contribution < 1.29 is 4.79 Å². The van der Waals surface area contributed by atoms with Crippen molar-refractivity contribution in [2.24, 2.45) is 4.99 Å². The van der Waals surface area contributed by atoms with E-state index in [0.29, 0.717) is 12.0 Å². The Morgan fingerprint density at radius 2 is 2.11 bits per heavy atom. The molecular weight excluding hydrogens is 226 g/mol. The number of rotatable bonds is 2. The number of hydrogen-bond acceptors (Lipinski definition) is 3. The Labute approximate surface area is 106 Å². The normalized spacial score (nSPS) is 22.7. The van der Waals surface area contributed by atoms with Crippen LogP contribution < -0.4 is 10.6 Å². The number of carbonyl (C=O) groups is 1. The van der Waals surface area contributed by atoms with Gasteiger partial charge >= 0.3 is 0 Å². The molecule has 1 fully saturated rings. The molecule has 18 heavy (non-hydrogen) atoms. The molecule has 1 saturated carbocycles. The number of nitrogens with zero attached hydrogens (tertiary/aromatic N) is 1. The Morgan fingerprint density at radius 3 is 2.78 bits per heavy atom. The number of amides is 1. The van der Waals surface area contributed by atoms with Gasteiger partial charge in [-0.3, -0.25) is 10.1 Å². The van der Waals surface area contributed by atoms with Crippen LogP contribution in [0.1, 0.15) is 35.6 Å². The van der Waals surface area contributed by atoms with Crippen LogP contribution in [0.4, 0.5) is 0 Å². The first-order valence-electron chi connectivity index (χ1n) is 6.36. The van der Waals surface area contributed by atoms with E-state index in [1.807, 2.05) is 19.1 Å². The zero-order chi connectivity index (χ0) is 12.7. The van der Waals surface area contributed by atoms with Crippen LogP contribution in [0.5, 0.6) is 0 Å². The summed E-state index contributed by atoms with van der Waals surface area (Å²) < 4.78 is 0. The van der Waals surface area contributed by atoms with Gasteiger partial charge in [-0.05, 0) is 37.8 Å². The molecule has 1 aromatic rings. The van der Waals surface area contributed by atoms with Crippen molar-refractivity contribution in [1.29, 1.82) is 0 Å². The van der Waals surface area contributed by atoms with Gasteiger partial charge in [0.15, 0.2) is 12.0 Å². The van der Waals surface area contributed by atoms with Crippen LogP contribution >= 0.6 is 0 Å². The van der Waals surface area contributed by atoms with Crippen molar-refractivity contribution >= 4 is 11.9 Å². The molecule has 1 aliphatic carbocycles. The van der Waals surface area contributed by atoms with Crippen molar-refractivity contribution in [3.8, 4) is 0 Å². The van der Waals surface area contributed by atoms with Gasteiger partial charge in [-0.25, -0.2) is 4.99 Å². The van der Waals surface area contributed by atoms with E-state index in [1.165, 1.54) is 18.4 Å². The minimum atomic E-state index is -0.396. The topological polar surface area (TPSA) is 53.5 Å². The molecule has 3 rings (SSSR count). The Bertz CT molecular complexity index is 532. The highest BCUT2D eigenvalue weighted by molar-refractivity contribution is 6.05. The van der Waals surface area contributed by atoms with Crippen LogP contribution in [0.2, 0.25) is 0 Å². The zero-order valence-corrected chi connectivity index (χ0v) is 10.7. The molecule has 1 atom stereocenters. The SMILES string of the molecule is Cc1ccc(C2N=C(NC3CC3)NC2=O)c(C)c1. The van der Waals surface area contributed by atoms with Crippen LogP contribution in [0.3, 0.4) is 0 Å². The molecule has 0 bridgehead atoms. The first-order valence-corrected chi connectivity index (χ1v) is 6.36. The van der Waals surface area contributed by atoms with Crippen LogP contribution in [0.15, 0.2) is 23.2 Å². The molecule has 2 aliphatic rings. The Hall–Kier alpha value is -1.84. The monoisotopic (exact) mass is 243 g/mol. The number of nitrogens with one attached hydrogen (secondary N) is 2. The zero-order valence-electron chi connectivity index (χ0n) is 10.7. The molecule has 0 spiro atoms. The molecule has 1 aliphatic heterocycles. The highest BCUT2D eigenvalue weighted by Gasteiger charge is 2.31. The first-order chi connectivity index (χ1) is 8.63. The van der Waals surface area contributed by atoms with Crippen molar-refractivity contribution in [3.05, 3.63) is 34.9 Å². The lowest BCUT2D eigenvalue weighted by atomic mass is 9.99. The van der Waals surface area contributed by atoms with Gasteiger partial charge in [0.05, 0.1) is 0 Å². The van der Waals surface area contributed by atoms with Gasteiger partial charge in [-0.2, -0.15) is 0 Å². The number of aliphatic imine (C=N–C) groups is 1. The summed E-state index contributed by atoms with van der Waals surface area (Å²) in [7, 11) is 0. The predicted molar refractivity (Wildman–Crippen MR) is 70.4 cm³/mol. The lowest BCUT2D eigenvalue weighted by Crippen LogP contribution is -2.37. The molecule has 0 radical (unpaired) electrons. The second-order valence-corrected chi connectivity index (χ2v) is 5.15. The molecule has 0 saturated heterocycles. The van der Waals surface area contributed by atoms with E-state index >= 15 is 0 Å². The van der Waals surface area contributed by atoms with Crippen LogP contribution in [-0.4, -0.2) is 17.9 Å². The fourth-order valence-electron chi connectivity index (χ4n) is 2.24. The van der Waals surface area contributed by atoms with E-state index in [4.69, 9.17) is 0 Å². The summed E-state index contributed by atoms with van der Waals surface area (Å²) >= 11 is 0. The van der Waals surface area contributed by atoms with Crippen LogP contribution in [0.25, 0.3) is 0 Å². The number of hydrogen-bond donors (Lipinski definition) is 2. The molecule has 4 heteroatoms. The Morgan fingerprint density at radius 1 is 1.33 bits per heavy atom. The highest BCUT2D eigenvalue weighted by Crippen LogP contribution is 2.26. The van der Waals surface area contributed by atoms with Gasteiger partial charge in [-0.1, -0.05) is 23.8 Å². The average Bonchev–Trinajstić information content (AvgIpc) is 3.03. The Balaban J connectivity index is 1.86. The predicted octanol–water partition coefficient (Wildman–Crippen LogP) is 1.58. The molecule has 4 nitrogen and oxygen atoms in total. The molecule has 94 valence electrons. The van der Waals surface area contributed by atoms with E-state index in [0.717, 1.165) is 11.1 Å². The standard InChI is InChI=1S/C14H17N3O/c1-8-3-6-11(9(2)7-8)12-13(18)17-14(16-12)15-10-4-5-10/h3,6-7,10,12H,4-5H2,1-2H3,(H2,15,16,17,18). The fraction of sp³-hybridized carbons (Fsp3) is 0.429. The summed E-state index contributed by atoms with van der Waals surface area (Å²) in [6, 6.07) is 6.22. The van der Waals surface area contributed by atoms with E-state index in [9.17, 15) is 4.79 Å². The van der Waals surface area contributed by atoms with Gasteiger partial charge in [-0.15, -0.1) is 0 Å². The third-order valence-electron chi connectivity index (χ3n) is 3.39. The molecule has 1 unspecified atom stereocenters. The van der Waals surface area contributed by atoms with Crippen molar-refractivity contribution in [1.82, 2.24) is 10.6 Å². The first kappa shape index (κ1) is 11.3. The quantitative estimate of drug-likeness (QED) is 0.828. The molecular formula is C14H17N3O. The highest BCUT2D eigenvalue weighted by atomic mass is 16.2. The number of benzene rings is 1. The van der Waals surface area contributed by atoms with E-state index in [2.05, 4.69) is 28.6 Å². The maximum atomic E-state index is 12.0. The summed E-state index contributed by atoms with van der Waals surface area (Å²) in [6.07, 6.45) is 2.34. The van der Waals surface area contributed by atoms with E-state index in [1.54, 1.807) is 0 Å². The molecule has 0 aromatic heterocycles. The smallest absolute Gasteiger partial charge is 0.256 e. The maximum absolute atomic E-state index is 12.0. The summed E-state index contributed by atoms with van der Waals surface area (Å²) in [5.41, 5.74) is 3.31. The Kier molecular flexibility index (Phi) is 2.58. The van der Waals surface area contributed by atoms with Crippen LogP contribution in [-0.2, 0) is 4.79 Å². The van der Waals surface area contributed by atoms with Crippen molar-refractivity contribution in [2.45, 2.75) is 38.8 Å². The third kappa shape index (κ3) is 2.10. The summed E-state index contributed by atoms with van der Waals surface area (Å²) in [5, 5.41) is 6.05. The molecule has 1 amide bonds. The van der Waals surface area contributed by atoms with Crippen molar-refractivity contribution in [3.63, 3.8) is 0 Å². The minimum absolute atomic E-state index is 0.0369. The number of carbonyl (C=O) groups excluding carboxylic acids is 1. The van der Waals surface area contributed by atoms with Gasteiger partial charge in [0.1, 0.15) is 0 Å². The summed E-state index contributed by atoms with van der Waals surface area (Å²) in [5.74, 6) is 0.595. The lowest BCUT2D eigenvalue weighted by molar-refractivity contribution is -0.120. The molecule has 1 aromatic carbocycles. The maximum Gasteiger partial charge on any atom is 0.256 e. The van der Waals surface area contributed by atoms with Gasteiger partial charge in [0, 0.05) is 6.04 Å².